The highest BCUT2D eigenvalue weighted by Crippen LogP contribution is 2.12. The van der Waals surface area contributed by atoms with Crippen molar-refractivity contribution in [1.82, 2.24) is 24.8 Å². The number of hydrogen-bond donors (Lipinski definition) is 1. The van der Waals surface area contributed by atoms with Crippen molar-refractivity contribution in [2.45, 2.75) is 6.54 Å². The molecule has 2 aromatic heterocycles. The van der Waals surface area contributed by atoms with Crippen molar-refractivity contribution in [2.75, 3.05) is 31.1 Å². The van der Waals surface area contributed by atoms with Crippen molar-refractivity contribution in [3.05, 3.63) is 36.4 Å². The Kier molecular flexibility index (Phi) is 3.37. The van der Waals surface area contributed by atoms with E-state index in [4.69, 9.17) is 0 Å². The Morgan fingerprint density at radius 1 is 1.26 bits per heavy atom. The van der Waals surface area contributed by atoms with E-state index in [1.54, 1.807) is 6.33 Å². The molecular weight excluding hydrogens is 247 g/mol. The van der Waals surface area contributed by atoms with Crippen molar-refractivity contribution < 1.29 is 4.39 Å². The number of halogens is 1. The highest BCUT2D eigenvalue weighted by Gasteiger charge is 2.19. The van der Waals surface area contributed by atoms with Crippen molar-refractivity contribution >= 4 is 5.95 Å². The number of aromatic amines is 1. The number of rotatable bonds is 3. The summed E-state index contributed by atoms with van der Waals surface area (Å²) >= 11 is 0. The second-order valence-corrected chi connectivity index (χ2v) is 4.52. The smallest absolute Gasteiger partial charge is 0.228 e. The van der Waals surface area contributed by atoms with Crippen LogP contribution in [0, 0.1) is 5.95 Å². The monoisotopic (exact) mass is 262 g/mol. The third-order valence-corrected chi connectivity index (χ3v) is 3.21. The molecule has 3 rings (SSSR count). The summed E-state index contributed by atoms with van der Waals surface area (Å²) in [6.07, 6.45) is 4.98. The number of hydrogen-bond acceptors (Lipinski definition) is 5. The van der Waals surface area contributed by atoms with Crippen LogP contribution < -0.4 is 4.90 Å². The fourth-order valence-corrected chi connectivity index (χ4v) is 2.20. The van der Waals surface area contributed by atoms with Gasteiger partial charge in [-0.25, -0.2) is 9.97 Å². The average molecular weight is 262 g/mol. The number of nitrogens with one attached hydrogen (secondary N) is 1. The van der Waals surface area contributed by atoms with E-state index in [-0.39, 0.29) is 0 Å². The topological polar surface area (TPSA) is 60.9 Å². The van der Waals surface area contributed by atoms with Gasteiger partial charge < -0.3 is 9.88 Å². The van der Waals surface area contributed by atoms with E-state index < -0.39 is 5.95 Å². The first kappa shape index (κ1) is 12.0. The molecule has 1 saturated heterocycles. The van der Waals surface area contributed by atoms with Gasteiger partial charge in [-0.05, 0) is 0 Å². The van der Waals surface area contributed by atoms with E-state index in [2.05, 4.69) is 24.8 Å². The predicted octanol–water partition coefficient (Wildman–Crippen LogP) is 0.661. The zero-order chi connectivity index (χ0) is 13.1. The normalized spacial score (nSPS) is 16.8. The number of nitrogens with zero attached hydrogens (tertiary/aromatic N) is 5. The van der Waals surface area contributed by atoms with Crippen LogP contribution in [0.15, 0.2) is 24.8 Å². The van der Waals surface area contributed by atoms with Crippen LogP contribution in [0.3, 0.4) is 0 Å². The Hall–Kier alpha value is -2.02. The molecule has 1 fully saturated rings. The van der Waals surface area contributed by atoms with Crippen LogP contribution in [0.2, 0.25) is 0 Å². The summed E-state index contributed by atoms with van der Waals surface area (Å²) in [6, 6.07) is 1.26. The molecule has 19 heavy (non-hydrogen) atoms. The molecule has 100 valence electrons. The second-order valence-electron chi connectivity index (χ2n) is 4.52. The maximum Gasteiger partial charge on any atom is 0.228 e. The van der Waals surface area contributed by atoms with Crippen LogP contribution >= 0.6 is 0 Å². The summed E-state index contributed by atoms with van der Waals surface area (Å²) < 4.78 is 13.1. The van der Waals surface area contributed by atoms with Gasteiger partial charge in [-0.15, -0.1) is 0 Å². The molecule has 1 N–H and O–H groups in total. The standard InChI is InChI=1S/C12H15FN6/c13-11-1-2-15-12(17-11)19-5-3-18(4-6-19)8-10-7-14-9-16-10/h1-2,7,9H,3-6,8H2,(H,14,16). The van der Waals surface area contributed by atoms with Gasteiger partial charge in [-0.2, -0.15) is 9.37 Å². The van der Waals surface area contributed by atoms with Gasteiger partial charge in [0.05, 0.1) is 6.33 Å². The molecule has 0 saturated carbocycles. The lowest BCUT2D eigenvalue weighted by Gasteiger charge is -2.34. The largest absolute Gasteiger partial charge is 0.347 e. The lowest BCUT2D eigenvalue weighted by molar-refractivity contribution is 0.246. The number of anilines is 1. The molecule has 0 bridgehead atoms. The lowest BCUT2D eigenvalue weighted by Crippen LogP contribution is -2.46. The van der Waals surface area contributed by atoms with Crippen molar-refractivity contribution in [1.29, 1.82) is 0 Å². The summed E-state index contributed by atoms with van der Waals surface area (Å²) in [5.41, 5.74) is 1.11. The molecule has 2 aromatic rings. The highest BCUT2D eigenvalue weighted by molar-refractivity contribution is 5.29. The van der Waals surface area contributed by atoms with E-state index in [1.807, 2.05) is 11.1 Å². The zero-order valence-corrected chi connectivity index (χ0v) is 10.5. The Bertz CT molecular complexity index is 521. The van der Waals surface area contributed by atoms with Crippen molar-refractivity contribution in [3.8, 4) is 0 Å². The minimum absolute atomic E-state index is 0.473. The molecule has 0 aliphatic carbocycles. The molecule has 0 radical (unpaired) electrons. The molecule has 6 nitrogen and oxygen atoms in total. The quantitative estimate of drug-likeness (QED) is 0.823. The summed E-state index contributed by atoms with van der Waals surface area (Å²) in [6.45, 7) is 4.27. The van der Waals surface area contributed by atoms with E-state index in [0.717, 1.165) is 38.4 Å². The molecular formula is C12H15FN6. The summed E-state index contributed by atoms with van der Waals surface area (Å²) in [4.78, 5) is 19.3. The Morgan fingerprint density at radius 3 is 2.79 bits per heavy atom. The molecule has 7 heteroatoms. The Morgan fingerprint density at radius 2 is 2.11 bits per heavy atom. The van der Waals surface area contributed by atoms with Crippen LogP contribution in [-0.2, 0) is 6.54 Å². The first-order valence-corrected chi connectivity index (χ1v) is 6.24. The molecule has 3 heterocycles. The lowest BCUT2D eigenvalue weighted by atomic mass is 10.3. The third-order valence-electron chi connectivity index (χ3n) is 3.21. The van der Waals surface area contributed by atoms with Gasteiger partial charge in [-0.3, -0.25) is 4.90 Å². The maximum atomic E-state index is 13.1. The van der Waals surface area contributed by atoms with Crippen LogP contribution in [0.4, 0.5) is 10.3 Å². The Labute approximate surface area is 110 Å². The average Bonchev–Trinajstić information content (AvgIpc) is 2.92. The van der Waals surface area contributed by atoms with E-state index in [0.29, 0.717) is 5.95 Å². The summed E-state index contributed by atoms with van der Waals surface area (Å²) in [7, 11) is 0. The van der Waals surface area contributed by atoms with E-state index in [9.17, 15) is 4.39 Å². The van der Waals surface area contributed by atoms with E-state index in [1.165, 1.54) is 12.3 Å². The molecule has 0 spiro atoms. The van der Waals surface area contributed by atoms with Gasteiger partial charge in [0.25, 0.3) is 0 Å². The number of imidazole rings is 1. The van der Waals surface area contributed by atoms with E-state index >= 15 is 0 Å². The fourth-order valence-electron chi connectivity index (χ4n) is 2.20. The van der Waals surface area contributed by atoms with Gasteiger partial charge in [-0.1, -0.05) is 0 Å². The Balaban J connectivity index is 1.57. The second kappa shape index (κ2) is 5.31. The summed E-state index contributed by atoms with van der Waals surface area (Å²) in [5, 5.41) is 0. The van der Waals surface area contributed by atoms with Crippen LogP contribution in [0.1, 0.15) is 5.69 Å². The molecule has 0 atom stereocenters. The third kappa shape index (κ3) is 2.87. The minimum atomic E-state index is -0.482. The van der Waals surface area contributed by atoms with Crippen LogP contribution in [0.25, 0.3) is 0 Å². The SMILES string of the molecule is Fc1ccnc(N2CCN(Cc3cnc[nH]3)CC2)n1. The maximum absolute atomic E-state index is 13.1. The van der Waals surface area contributed by atoms with Gasteiger partial charge in [0.1, 0.15) is 0 Å². The van der Waals surface area contributed by atoms with Gasteiger partial charge in [0.15, 0.2) is 0 Å². The van der Waals surface area contributed by atoms with Crippen LogP contribution in [0.5, 0.6) is 0 Å². The summed E-state index contributed by atoms with van der Waals surface area (Å²) in [5.74, 6) is -0.00826. The molecule has 0 aromatic carbocycles. The number of aromatic nitrogens is 4. The van der Waals surface area contributed by atoms with Gasteiger partial charge >= 0.3 is 0 Å². The van der Waals surface area contributed by atoms with Crippen molar-refractivity contribution in [2.24, 2.45) is 0 Å². The minimum Gasteiger partial charge on any atom is -0.347 e. The fraction of sp³-hybridized carbons (Fsp3) is 0.417. The number of H-pyrrole nitrogens is 1. The predicted molar refractivity (Wildman–Crippen MR) is 68.1 cm³/mol. The molecule has 0 amide bonds. The first-order chi connectivity index (χ1) is 9.31. The van der Waals surface area contributed by atoms with Crippen LogP contribution in [-0.4, -0.2) is 51.0 Å². The van der Waals surface area contributed by atoms with Gasteiger partial charge in [0, 0.05) is 56.9 Å². The first-order valence-electron chi connectivity index (χ1n) is 6.24. The zero-order valence-electron chi connectivity index (χ0n) is 10.5. The number of piperazine rings is 1. The van der Waals surface area contributed by atoms with Crippen molar-refractivity contribution in [3.63, 3.8) is 0 Å². The molecule has 1 aliphatic rings. The van der Waals surface area contributed by atoms with Gasteiger partial charge in [0.2, 0.25) is 11.9 Å². The highest BCUT2D eigenvalue weighted by atomic mass is 19.1. The molecule has 0 unspecified atom stereocenters. The molecule has 1 aliphatic heterocycles.